The van der Waals surface area contributed by atoms with Gasteiger partial charge in [0.05, 0.1) is 6.61 Å². The number of aromatic nitrogens is 1. The predicted molar refractivity (Wildman–Crippen MR) is 120 cm³/mol. The molecular formula is C21H17BrClN2O2S+. The quantitative estimate of drug-likeness (QED) is 0.205. The number of aliphatic hydroxyl groups is 2. The minimum Gasteiger partial charge on any atom is -0.502 e. The summed E-state index contributed by atoms with van der Waals surface area (Å²) in [5, 5.41) is 24.2. The molecule has 0 atom stereocenters. The summed E-state index contributed by atoms with van der Waals surface area (Å²) in [7, 11) is 0. The summed E-state index contributed by atoms with van der Waals surface area (Å²) in [4.78, 5) is 0.322. The van der Waals surface area contributed by atoms with Crippen LogP contribution in [0.15, 0.2) is 77.5 Å². The van der Waals surface area contributed by atoms with Crippen LogP contribution in [0.2, 0.25) is 5.02 Å². The fourth-order valence-electron chi connectivity index (χ4n) is 2.57. The molecule has 0 aliphatic heterocycles. The zero-order chi connectivity index (χ0) is 20.1. The molecule has 0 spiro atoms. The van der Waals surface area contributed by atoms with E-state index in [2.05, 4.69) is 21.2 Å². The lowest BCUT2D eigenvalue weighted by Crippen LogP contribution is -2.39. The number of nitrogens with zero attached hydrogens (tertiary/aromatic N) is 1. The van der Waals surface area contributed by atoms with Gasteiger partial charge >= 0.3 is 0 Å². The Hall–Kier alpha value is -2.25. The van der Waals surface area contributed by atoms with E-state index in [4.69, 9.17) is 23.8 Å². The first-order valence-corrected chi connectivity index (χ1v) is 9.93. The molecule has 0 aliphatic rings. The number of hydrogen-bond donors (Lipinski definition) is 3. The Balaban J connectivity index is 2.07. The van der Waals surface area contributed by atoms with Gasteiger partial charge in [0.2, 0.25) is 0 Å². The number of nitrogens with one attached hydrogen (secondary N) is 1. The fourth-order valence-corrected chi connectivity index (χ4v) is 3.28. The second-order valence-corrected chi connectivity index (χ2v) is 7.70. The Labute approximate surface area is 181 Å². The summed E-state index contributed by atoms with van der Waals surface area (Å²) >= 11 is 14.9. The first-order valence-electron chi connectivity index (χ1n) is 8.35. The second kappa shape index (κ2) is 9.30. The number of aliphatic hydroxyl groups excluding tert-OH is 2. The van der Waals surface area contributed by atoms with Crippen LogP contribution in [0.25, 0.3) is 11.5 Å². The molecule has 3 aromatic rings. The molecule has 1 heterocycles. The first-order chi connectivity index (χ1) is 13.5. The number of pyridine rings is 1. The fraction of sp³-hybridized carbons (Fsp3) is 0.0476. The Morgan fingerprint density at radius 3 is 2.39 bits per heavy atom. The van der Waals surface area contributed by atoms with Gasteiger partial charge in [-0.1, -0.05) is 39.7 Å². The van der Waals surface area contributed by atoms with Crippen molar-refractivity contribution in [1.82, 2.24) is 0 Å². The second-order valence-electron chi connectivity index (χ2n) is 5.94. The zero-order valence-corrected chi connectivity index (χ0v) is 17.8. The summed E-state index contributed by atoms with van der Waals surface area (Å²) in [6.07, 6.45) is 3.49. The zero-order valence-electron chi connectivity index (χ0n) is 14.6. The summed E-state index contributed by atoms with van der Waals surface area (Å²) in [5.41, 5.74) is 2.44. The summed E-state index contributed by atoms with van der Waals surface area (Å²) in [5.74, 6) is 0.0130. The molecule has 7 heteroatoms. The molecule has 142 valence electrons. The smallest absolute Gasteiger partial charge is 0.288 e. The van der Waals surface area contributed by atoms with Crippen LogP contribution in [0.3, 0.4) is 0 Å². The maximum absolute atomic E-state index is 11.0. The number of halogens is 2. The van der Waals surface area contributed by atoms with E-state index in [-0.39, 0.29) is 12.4 Å². The van der Waals surface area contributed by atoms with Crippen molar-refractivity contribution in [2.45, 2.75) is 6.61 Å². The van der Waals surface area contributed by atoms with Gasteiger partial charge in [-0.2, -0.15) is 4.57 Å². The van der Waals surface area contributed by atoms with Gasteiger partial charge in [-0.3, -0.25) is 0 Å². The van der Waals surface area contributed by atoms with Crippen LogP contribution in [0.1, 0.15) is 11.1 Å². The van der Waals surface area contributed by atoms with Gasteiger partial charge in [0.1, 0.15) is 0 Å². The third-order valence-electron chi connectivity index (χ3n) is 3.96. The van der Waals surface area contributed by atoms with Crippen molar-refractivity contribution >= 4 is 61.9 Å². The van der Waals surface area contributed by atoms with Crippen molar-refractivity contribution in [2.75, 3.05) is 5.32 Å². The molecule has 3 rings (SSSR count). The van der Waals surface area contributed by atoms with E-state index in [1.165, 1.54) is 0 Å². The van der Waals surface area contributed by atoms with Crippen molar-refractivity contribution in [3.63, 3.8) is 0 Å². The SMILES string of the molecule is OCc1ccc[n+](/C(C(=S)Nc2ccc(Cl)cc2)=C(/O)c2ccc(Br)cc2)c1. The molecule has 0 radical (unpaired) electrons. The number of benzene rings is 2. The number of thiocarbonyl (C=S) groups is 1. The molecule has 0 bridgehead atoms. The van der Waals surface area contributed by atoms with Gasteiger partial charge in [-0.25, -0.2) is 0 Å². The molecule has 0 amide bonds. The average molecular weight is 477 g/mol. The molecule has 28 heavy (non-hydrogen) atoms. The van der Waals surface area contributed by atoms with Crippen molar-refractivity contribution in [1.29, 1.82) is 0 Å². The molecule has 3 N–H and O–H groups in total. The monoisotopic (exact) mass is 475 g/mol. The standard InChI is InChI=1S/C21H16BrClN2O2S/c22-16-5-3-15(4-6-16)20(27)19(25-11-1-2-14(12-25)13-26)21(28)24-18-9-7-17(23)8-10-18/h1-12,26H,13H2,(H-,24,27,28)/p+1. The predicted octanol–water partition coefficient (Wildman–Crippen LogP) is 5.21. The first kappa shape index (κ1) is 20.5. The van der Waals surface area contributed by atoms with Crippen molar-refractivity contribution in [2.24, 2.45) is 0 Å². The van der Waals surface area contributed by atoms with Crippen LogP contribution in [0, 0.1) is 0 Å². The number of anilines is 1. The van der Waals surface area contributed by atoms with Crippen molar-refractivity contribution < 1.29 is 14.8 Å². The largest absolute Gasteiger partial charge is 0.502 e. The van der Waals surface area contributed by atoms with E-state index in [1.54, 1.807) is 65.5 Å². The van der Waals surface area contributed by atoms with Gasteiger partial charge in [0, 0.05) is 32.4 Å². The lowest BCUT2D eigenvalue weighted by Gasteiger charge is -2.11. The Morgan fingerprint density at radius 1 is 1.07 bits per heavy atom. The highest BCUT2D eigenvalue weighted by Gasteiger charge is 2.24. The maximum atomic E-state index is 11.0. The van der Waals surface area contributed by atoms with Gasteiger partial charge < -0.3 is 15.5 Å². The van der Waals surface area contributed by atoms with Crippen LogP contribution < -0.4 is 9.88 Å². The third-order valence-corrected chi connectivity index (χ3v) is 5.04. The molecule has 0 aliphatic carbocycles. The normalized spacial score (nSPS) is 11.7. The van der Waals surface area contributed by atoms with Gasteiger partial charge in [0.25, 0.3) is 5.70 Å². The van der Waals surface area contributed by atoms with Gasteiger partial charge in [-0.05, 0) is 54.6 Å². The molecule has 0 saturated heterocycles. The van der Waals surface area contributed by atoms with E-state index < -0.39 is 0 Å². The molecule has 0 fully saturated rings. The topological polar surface area (TPSA) is 56.4 Å². The van der Waals surface area contributed by atoms with Crippen LogP contribution in [0.4, 0.5) is 5.69 Å². The van der Waals surface area contributed by atoms with Gasteiger partial charge in [0.15, 0.2) is 23.1 Å². The van der Waals surface area contributed by atoms with Gasteiger partial charge in [-0.15, -0.1) is 0 Å². The highest BCUT2D eigenvalue weighted by atomic mass is 79.9. The number of rotatable bonds is 5. The van der Waals surface area contributed by atoms with E-state index in [0.29, 0.717) is 26.8 Å². The lowest BCUT2D eigenvalue weighted by atomic mass is 10.1. The molecule has 0 saturated carbocycles. The van der Waals surface area contributed by atoms with E-state index in [1.807, 2.05) is 12.1 Å². The molecule has 0 unspecified atom stereocenters. The van der Waals surface area contributed by atoms with E-state index >= 15 is 0 Å². The average Bonchev–Trinajstić information content (AvgIpc) is 2.70. The summed E-state index contributed by atoms with van der Waals surface area (Å²) < 4.78 is 2.59. The highest BCUT2D eigenvalue weighted by molar-refractivity contribution is 9.10. The minimum atomic E-state index is -0.120. The highest BCUT2D eigenvalue weighted by Crippen LogP contribution is 2.22. The van der Waals surface area contributed by atoms with Crippen LogP contribution in [-0.2, 0) is 6.61 Å². The number of hydrogen-bond acceptors (Lipinski definition) is 3. The Morgan fingerprint density at radius 2 is 1.75 bits per heavy atom. The maximum Gasteiger partial charge on any atom is 0.288 e. The van der Waals surface area contributed by atoms with Crippen molar-refractivity contribution in [3.05, 3.63) is 93.7 Å². The molecular weight excluding hydrogens is 460 g/mol. The van der Waals surface area contributed by atoms with Crippen molar-refractivity contribution in [3.8, 4) is 0 Å². The Kier molecular flexibility index (Phi) is 6.80. The minimum absolute atomic E-state index is 0.0130. The summed E-state index contributed by atoms with van der Waals surface area (Å²) in [6.45, 7) is -0.120. The van der Waals surface area contributed by atoms with E-state index in [0.717, 1.165) is 10.2 Å². The van der Waals surface area contributed by atoms with E-state index in [9.17, 15) is 10.2 Å². The third kappa shape index (κ3) is 4.97. The summed E-state index contributed by atoms with van der Waals surface area (Å²) in [6, 6.07) is 18.0. The molecule has 1 aromatic heterocycles. The molecule has 2 aromatic carbocycles. The van der Waals surface area contributed by atoms with Crippen LogP contribution >= 0.6 is 39.7 Å². The lowest BCUT2D eigenvalue weighted by molar-refractivity contribution is -0.576. The molecule has 4 nitrogen and oxygen atoms in total. The Bertz CT molecular complexity index is 1020. The van der Waals surface area contributed by atoms with Crippen LogP contribution in [0.5, 0.6) is 0 Å². The van der Waals surface area contributed by atoms with Crippen LogP contribution in [-0.4, -0.2) is 15.2 Å².